The van der Waals surface area contributed by atoms with Crippen molar-refractivity contribution in [2.45, 2.75) is 12.6 Å². The van der Waals surface area contributed by atoms with Crippen LogP contribution in [0.15, 0.2) is 6.20 Å². The van der Waals surface area contributed by atoms with Crippen LogP contribution in [-0.4, -0.2) is 4.98 Å². The molecular formula is C7H2F7N. The molecule has 1 aromatic heterocycles. The van der Waals surface area contributed by atoms with Gasteiger partial charge in [0.1, 0.15) is 0 Å². The van der Waals surface area contributed by atoms with Gasteiger partial charge in [0.2, 0.25) is 5.95 Å². The average Bonchev–Trinajstić information content (AvgIpc) is 2.06. The van der Waals surface area contributed by atoms with E-state index in [1.54, 1.807) is 0 Å². The Labute approximate surface area is 78.5 Å². The van der Waals surface area contributed by atoms with Crippen molar-refractivity contribution in [3.63, 3.8) is 0 Å². The highest BCUT2D eigenvalue weighted by atomic mass is 19.4. The third-order valence-corrected chi connectivity index (χ3v) is 1.54. The van der Waals surface area contributed by atoms with Gasteiger partial charge in [-0.2, -0.15) is 17.6 Å². The summed E-state index contributed by atoms with van der Waals surface area (Å²) in [5.41, 5.74) is -3.99. The Balaban J connectivity index is 3.47. The monoisotopic (exact) mass is 233 g/mol. The molecule has 0 aliphatic heterocycles. The van der Waals surface area contributed by atoms with E-state index in [-0.39, 0.29) is 6.20 Å². The molecule has 0 spiro atoms. The molecule has 1 aromatic rings. The topological polar surface area (TPSA) is 12.9 Å². The Hall–Kier alpha value is -1.34. The van der Waals surface area contributed by atoms with Crippen LogP contribution in [0.1, 0.15) is 17.6 Å². The highest BCUT2D eigenvalue weighted by Crippen LogP contribution is 2.37. The van der Waals surface area contributed by atoms with Crippen LogP contribution in [0.2, 0.25) is 0 Å². The first-order valence-electron chi connectivity index (χ1n) is 3.44. The van der Waals surface area contributed by atoms with Crippen molar-refractivity contribution in [2.24, 2.45) is 0 Å². The van der Waals surface area contributed by atoms with E-state index in [0.717, 1.165) is 0 Å². The lowest BCUT2D eigenvalue weighted by Gasteiger charge is -2.12. The lowest BCUT2D eigenvalue weighted by atomic mass is 10.1. The highest BCUT2D eigenvalue weighted by Gasteiger charge is 2.39. The maximum atomic E-state index is 12.6. The van der Waals surface area contributed by atoms with Crippen molar-refractivity contribution in [2.75, 3.05) is 0 Å². The Kier molecular flexibility index (Phi) is 2.87. The van der Waals surface area contributed by atoms with Gasteiger partial charge in [0, 0.05) is 6.20 Å². The van der Waals surface area contributed by atoms with Gasteiger partial charge in [0.25, 0.3) is 6.43 Å². The van der Waals surface area contributed by atoms with Gasteiger partial charge >= 0.3 is 6.18 Å². The second-order valence-electron chi connectivity index (χ2n) is 2.49. The van der Waals surface area contributed by atoms with Crippen LogP contribution in [-0.2, 0) is 6.18 Å². The summed E-state index contributed by atoms with van der Waals surface area (Å²) >= 11 is 0. The molecule has 0 aromatic carbocycles. The first-order chi connectivity index (χ1) is 6.75. The number of halogens is 7. The molecule has 0 bridgehead atoms. The molecule has 0 unspecified atom stereocenters. The molecule has 1 nitrogen and oxygen atoms in total. The van der Waals surface area contributed by atoms with Crippen LogP contribution in [0.5, 0.6) is 0 Å². The number of nitrogens with zero attached hydrogens (tertiary/aromatic N) is 1. The van der Waals surface area contributed by atoms with E-state index >= 15 is 0 Å². The van der Waals surface area contributed by atoms with Crippen molar-refractivity contribution in [3.8, 4) is 0 Å². The fourth-order valence-electron chi connectivity index (χ4n) is 0.916. The summed E-state index contributed by atoms with van der Waals surface area (Å²) in [7, 11) is 0. The number of hydrogen-bond acceptors (Lipinski definition) is 1. The predicted molar refractivity (Wildman–Crippen MR) is 34.1 cm³/mol. The van der Waals surface area contributed by atoms with E-state index in [4.69, 9.17) is 0 Å². The molecule has 0 aliphatic carbocycles. The van der Waals surface area contributed by atoms with E-state index in [9.17, 15) is 30.7 Å². The fourth-order valence-corrected chi connectivity index (χ4v) is 0.916. The smallest absolute Gasteiger partial charge is 0.225 e. The summed E-state index contributed by atoms with van der Waals surface area (Å²) in [5.74, 6) is -4.27. The van der Waals surface area contributed by atoms with Crippen LogP contribution in [0.25, 0.3) is 0 Å². The predicted octanol–water partition coefficient (Wildman–Crippen LogP) is 3.32. The van der Waals surface area contributed by atoms with Gasteiger partial charge in [-0.15, -0.1) is 0 Å². The fraction of sp³-hybridized carbons (Fsp3) is 0.286. The van der Waals surface area contributed by atoms with Crippen molar-refractivity contribution in [1.29, 1.82) is 0 Å². The molecule has 0 saturated carbocycles. The SMILES string of the molecule is Fc1ncc(C(F)(F)F)c(C(F)F)c1F. The molecule has 0 N–H and O–H groups in total. The number of rotatable bonds is 1. The van der Waals surface area contributed by atoms with E-state index in [1.165, 1.54) is 0 Å². The van der Waals surface area contributed by atoms with Crippen molar-refractivity contribution in [3.05, 3.63) is 29.1 Å². The summed E-state index contributed by atoms with van der Waals surface area (Å²) in [4.78, 5) is 2.39. The Bertz CT molecular complexity index is 370. The zero-order chi connectivity index (χ0) is 11.8. The molecule has 15 heavy (non-hydrogen) atoms. The molecule has 0 atom stereocenters. The van der Waals surface area contributed by atoms with Gasteiger partial charge in [-0.25, -0.2) is 18.2 Å². The molecule has 0 radical (unpaired) electrons. The number of alkyl halides is 5. The maximum absolute atomic E-state index is 12.6. The second kappa shape index (κ2) is 3.67. The first-order valence-corrected chi connectivity index (χ1v) is 3.44. The largest absolute Gasteiger partial charge is 0.418 e. The maximum Gasteiger partial charge on any atom is 0.418 e. The number of hydrogen-bond donors (Lipinski definition) is 0. The van der Waals surface area contributed by atoms with Crippen LogP contribution in [0.3, 0.4) is 0 Å². The molecule has 8 heteroatoms. The van der Waals surface area contributed by atoms with E-state index < -0.39 is 35.5 Å². The van der Waals surface area contributed by atoms with Gasteiger partial charge in [-0.05, 0) is 0 Å². The van der Waals surface area contributed by atoms with Crippen molar-refractivity contribution < 1.29 is 30.7 Å². The van der Waals surface area contributed by atoms with Crippen LogP contribution in [0, 0.1) is 11.8 Å². The third kappa shape index (κ3) is 2.18. The summed E-state index contributed by atoms with van der Waals surface area (Å²) in [6.07, 6.45) is -9.13. The standard InChI is InChI=1S/C7H2F7N/c8-4-3(5(9)10)2(7(12,13)14)1-15-6(4)11/h1,5H. The third-order valence-electron chi connectivity index (χ3n) is 1.54. The molecule has 1 heterocycles. The number of pyridine rings is 1. The normalized spacial score (nSPS) is 12.3. The van der Waals surface area contributed by atoms with E-state index in [2.05, 4.69) is 4.98 Å². The van der Waals surface area contributed by atoms with Gasteiger partial charge in [0.15, 0.2) is 5.82 Å². The highest BCUT2D eigenvalue weighted by molar-refractivity contribution is 5.29. The minimum absolute atomic E-state index is 0.167. The molecule has 0 aliphatic rings. The summed E-state index contributed by atoms with van der Waals surface area (Å²) < 4.78 is 85.2. The molecule has 84 valence electrons. The average molecular weight is 233 g/mol. The molecule has 0 fully saturated rings. The Morgan fingerprint density at radius 1 is 1.13 bits per heavy atom. The quantitative estimate of drug-likeness (QED) is 0.535. The summed E-state index contributed by atoms with van der Waals surface area (Å²) in [5, 5.41) is 0. The van der Waals surface area contributed by atoms with E-state index in [0.29, 0.717) is 0 Å². The summed E-state index contributed by atoms with van der Waals surface area (Å²) in [6.45, 7) is 0. The van der Waals surface area contributed by atoms with E-state index in [1.807, 2.05) is 0 Å². The Morgan fingerprint density at radius 3 is 2.07 bits per heavy atom. The van der Waals surface area contributed by atoms with Crippen molar-refractivity contribution >= 4 is 0 Å². The van der Waals surface area contributed by atoms with Crippen LogP contribution >= 0.6 is 0 Å². The summed E-state index contributed by atoms with van der Waals surface area (Å²) in [6, 6.07) is 0. The van der Waals surface area contributed by atoms with Gasteiger partial charge in [-0.1, -0.05) is 0 Å². The number of aromatic nitrogens is 1. The minimum Gasteiger partial charge on any atom is -0.225 e. The lowest BCUT2D eigenvalue weighted by molar-refractivity contribution is -0.140. The minimum atomic E-state index is -5.20. The zero-order valence-electron chi connectivity index (χ0n) is 6.75. The second-order valence-corrected chi connectivity index (χ2v) is 2.49. The lowest BCUT2D eigenvalue weighted by Crippen LogP contribution is -2.13. The van der Waals surface area contributed by atoms with Crippen molar-refractivity contribution in [1.82, 2.24) is 4.98 Å². The van der Waals surface area contributed by atoms with Crippen LogP contribution in [0.4, 0.5) is 30.7 Å². The van der Waals surface area contributed by atoms with Gasteiger partial charge in [-0.3, -0.25) is 0 Å². The Morgan fingerprint density at radius 2 is 1.67 bits per heavy atom. The molecule has 0 saturated heterocycles. The molecule has 1 rings (SSSR count). The zero-order valence-corrected chi connectivity index (χ0v) is 6.75. The van der Waals surface area contributed by atoms with Gasteiger partial charge < -0.3 is 0 Å². The molecular weight excluding hydrogens is 231 g/mol. The first kappa shape index (κ1) is 11.7. The molecule has 0 amide bonds. The van der Waals surface area contributed by atoms with Gasteiger partial charge in [0.05, 0.1) is 11.1 Å². The van der Waals surface area contributed by atoms with Crippen LogP contribution < -0.4 is 0 Å².